The predicted octanol–water partition coefficient (Wildman–Crippen LogP) is 1.87. The molecule has 6 heteroatoms. The van der Waals surface area contributed by atoms with Crippen LogP contribution in [0.15, 0.2) is 48.8 Å². The first kappa shape index (κ1) is 16.5. The molecule has 138 valence electrons. The number of aryl methyl sites for hydroxylation is 1. The molecule has 4 atom stereocenters. The number of carbonyl (C=O) groups is 1. The summed E-state index contributed by atoms with van der Waals surface area (Å²) in [6.07, 6.45) is 1.95. The number of aliphatic hydroxyl groups excluding tert-OH is 1. The van der Waals surface area contributed by atoms with E-state index < -0.39 is 6.10 Å². The Bertz CT molecular complexity index is 1040. The molecule has 1 aliphatic heterocycles. The first-order valence-electron chi connectivity index (χ1n) is 9.32. The average Bonchev–Trinajstić information content (AvgIpc) is 3.30. The third kappa shape index (κ3) is 2.48. The van der Waals surface area contributed by atoms with Gasteiger partial charge < -0.3 is 15.7 Å². The maximum atomic E-state index is 13.0. The van der Waals surface area contributed by atoms with Crippen molar-refractivity contribution in [2.75, 3.05) is 6.54 Å². The summed E-state index contributed by atoms with van der Waals surface area (Å²) in [6, 6.07) is 13.4. The number of amides is 1. The molecule has 2 heterocycles. The van der Waals surface area contributed by atoms with Crippen LogP contribution in [0.3, 0.4) is 0 Å². The van der Waals surface area contributed by atoms with E-state index in [9.17, 15) is 9.90 Å². The van der Waals surface area contributed by atoms with Crippen LogP contribution in [0.1, 0.15) is 22.3 Å². The molecule has 1 aromatic heterocycles. The van der Waals surface area contributed by atoms with Crippen molar-refractivity contribution in [3.05, 3.63) is 59.9 Å². The van der Waals surface area contributed by atoms with E-state index >= 15 is 0 Å². The van der Waals surface area contributed by atoms with Gasteiger partial charge in [-0.1, -0.05) is 12.1 Å². The number of nitrogens with two attached hydrogens (primary N) is 1. The van der Waals surface area contributed by atoms with Gasteiger partial charge in [-0.25, -0.2) is 4.98 Å². The van der Waals surface area contributed by atoms with Gasteiger partial charge >= 0.3 is 0 Å². The minimum absolute atomic E-state index is 0.0799. The van der Waals surface area contributed by atoms with Gasteiger partial charge in [-0.3, -0.25) is 9.36 Å². The van der Waals surface area contributed by atoms with E-state index in [2.05, 4.69) is 24.0 Å². The summed E-state index contributed by atoms with van der Waals surface area (Å²) in [5.74, 6) is 0.113. The molecule has 2 fully saturated rings. The van der Waals surface area contributed by atoms with Gasteiger partial charge in [-0.05, 0) is 55.2 Å². The Morgan fingerprint density at radius 3 is 2.85 bits per heavy atom. The molecule has 0 spiro atoms. The molecular formula is C21H22N4O2. The zero-order valence-electron chi connectivity index (χ0n) is 15.1. The molecule has 6 nitrogen and oxygen atoms in total. The maximum Gasteiger partial charge on any atom is 0.254 e. The second kappa shape index (κ2) is 5.90. The number of aliphatic hydroxyl groups is 1. The fourth-order valence-electron chi connectivity index (χ4n) is 4.64. The number of hydrogen-bond acceptors (Lipinski definition) is 4. The van der Waals surface area contributed by atoms with Gasteiger partial charge in [0.15, 0.2) is 0 Å². The standard InChI is InChI=1S/C21H22N4O2/c1-12-3-2-4-15(7-12)25-11-23-16-8-13(5-6-17(16)25)21(27)24-10-14-9-18(26)20(24)19(14)22/h2-8,11,14,18-20,26H,9-10,22H2,1H3/t14-,18+,19-,20-/m0/s1. The van der Waals surface area contributed by atoms with Crippen LogP contribution in [0.2, 0.25) is 0 Å². The average molecular weight is 362 g/mol. The molecule has 2 aliphatic rings. The second-order valence-electron chi connectivity index (χ2n) is 7.75. The van der Waals surface area contributed by atoms with Crippen molar-refractivity contribution in [2.45, 2.75) is 31.5 Å². The van der Waals surface area contributed by atoms with Crippen LogP contribution in [-0.4, -0.2) is 50.2 Å². The quantitative estimate of drug-likeness (QED) is 0.729. The number of likely N-dealkylation sites (tertiary alicyclic amines) is 1. The smallest absolute Gasteiger partial charge is 0.254 e. The zero-order chi connectivity index (χ0) is 18.7. The van der Waals surface area contributed by atoms with Crippen LogP contribution in [0.5, 0.6) is 0 Å². The van der Waals surface area contributed by atoms with Crippen LogP contribution in [-0.2, 0) is 0 Å². The fourth-order valence-corrected chi connectivity index (χ4v) is 4.64. The highest BCUT2D eigenvalue weighted by atomic mass is 16.3. The number of carbonyl (C=O) groups excluding carboxylic acids is 1. The number of hydrogen-bond donors (Lipinski definition) is 2. The first-order valence-corrected chi connectivity index (χ1v) is 9.32. The van der Waals surface area contributed by atoms with Crippen molar-refractivity contribution < 1.29 is 9.90 Å². The van der Waals surface area contributed by atoms with E-state index in [-0.39, 0.29) is 23.9 Å². The van der Waals surface area contributed by atoms with Gasteiger partial charge in [0.05, 0.1) is 23.2 Å². The first-order chi connectivity index (χ1) is 13.0. The molecule has 2 aromatic carbocycles. The Hall–Kier alpha value is -2.70. The van der Waals surface area contributed by atoms with Crippen molar-refractivity contribution >= 4 is 16.9 Å². The third-order valence-electron chi connectivity index (χ3n) is 6.00. The summed E-state index contributed by atoms with van der Waals surface area (Å²) in [5, 5.41) is 10.2. The molecule has 3 N–H and O–H groups in total. The molecule has 27 heavy (non-hydrogen) atoms. The van der Waals surface area contributed by atoms with E-state index in [4.69, 9.17) is 5.73 Å². The number of fused-ring (bicyclic) bond motifs is 3. The van der Waals surface area contributed by atoms with Gasteiger partial charge in [0.25, 0.3) is 5.91 Å². The summed E-state index contributed by atoms with van der Waals surface area (Å²) >= 11 is 0. The van der Waals surface area contributed by atoms with Crippen LogP contribution in [0.25, 0.3) is 16.7 Å². The number of piperidine rings is 1. The SMILES string of the molecule is Cc1cccc(-n2cnc3cc(C(=O)N4C[C@@H]5C[C@@H](O)[C@H]4[C@H]5N)ccc32)c1. The lowest BCUT2D eigenvalue weighted by Gasteiger charge is -2.30. The lowest BCUT2D eigenvalue weighted by Crippen LogP contribution is -2.48. The molecule has 1 amide bonds. The molecular weight excluding hydrogens is 340 g/mol. The third-order valence-corrected chi connectivity index (χ3v) is 6.00. The number of imidazole rings is 1. The van der Waals surface area contributed by atoms with Crippen LogP contribution in [0.4, 0.5) is 0 Å². The maximum absolute atomic E-state index is 13.0. The predicted molar refractivity (Wildman–Crippen MR) is 103 cm³/mol. The Labute approximate surface area is 157 Å². The summed E-state index contributed by atoms with van der Waals surface area (Å²) in [7, 11) is 0. The summed E-state index contributed by atoms with van der Waals surface area (Å²) in [4.78, 5) is 19.2. The number of aromatic nitrogens is 2. The van der Waals surface area contributed by atoms with E-state index in [1.807, 2.05) is 34.9 Å². The summed E-state index contributed by atoms with van der Waals surface area (Å²) < 4.78 is 2.02. The molecule has 1 saturated carbocycles. The summed E-state index contributed by atoms with van der Waals surface area (Å²) in [6.45, 7) is 2.68. The Kier molecular flexibility index (Phi) is 3.60. The van der Waals surface area contributed by atoms with E-state index in [1.165, 1.54) is 5.56 Å². The summed E-state index contributed by atoms with van der Waals surface area (Å²) in [5.41, 5.74) is 10.7. The topological polar surface area (TPSA) is 84.4 Å². The van der Waals surface area contributed by atoms with Crippen molar-refractivity contribution in [1.29, 1.82) is 0 Å². The fraction of sp³-hybridized carbons (Fsp3) is 0.333. The van der Waals surface area contributed by atoms with Crippen LogP contribution >= 0.6 is 0 Å². The van der Waals surface area contributed by atoms with Gasteiger partial charge in [0, 0.05) is 23.8 Å². The molecule has 2 bridgehead atoms. The van der Waals surface area contributed by atoms with Crippen molar-refractivity contribution in [2.24, 2.45) is 11.7 Å². The molecule has 0 unspecified atom stereocenters. The van der Waals surface area contributed by atoms with Crippen LogP contribution < -0.4 is 5.73 Å². The normalized spacial score (nSPS) is 26.9. The monoisotopic (exact) mass is 362 g/mol. The second-order valence-corrected chi connectivity index (χ2v) is 7.75. The van der Waals surface area contributed by atoms with Crippen molar-refractivity contribution in [1.82, 2.24) is 14.5 Å². The number of rotatable bonds is 2. The van der Waals surface area contributed by atoms with Gasteiger partial charge in [-0.15, -0.1) is 0 Å². The van der Waals surface area contributed by atoms with Gasteiger partial charge in [0.2, 0.25) is 0 Å². The van der Waals surface area contributed by atoms with E-state index in [1.54, 1.807) is 11.2 Å². The minimum atomic E-state index is -0.521. The molecule has 5 rings (SSSR count). The van der Waals surface area contributed by atoms with Crippen molar-refractivity contribution in [3.63, 3.8) is 0 Å². The minimum Gasteiger partial charge on any atom is -0.391 e. The largest absolute Gasteiger partial charge is 0.391 e. The Morgan fingerprint density at radius 1 is 1.26 bits per heavy atom. The molecule has 1 aliphatic carbocycles. The molecule has 0 radical (unpaired) electrons. The highest BCUT2D eigenvalue weighted by Crippen LogP contribution is 2.38. The van der Waals surface area contributed by atoms with E-state index in [0.29, 0.717) is 18.5 Å². The Balaban J connectivity index is 1.48. The number of nitrogens with zero attached hydrogens (tertiary/aromatic N) is 3. The van der Waals surface area contributed by atoms with Crippen molar-refractivity contribution in [3.8, 4) is 5.69 Å². The zero-order valence-corrected chi connectivity index (χ0v) is 15.1. The van der Waals surface area contributed by atoms with Gasteiger partial charge in [-0.2, -0.15) is 0 Å². The molecule has 3 aromatic rings. The number of benzene rings is 2. The highest BCUT2D eigenvalue weighted by molar-refractivity contribution is 5.98. The Morgan fingerprint density at radius 2 is 2.11 bits per heavy atom. The molecule has 1 saturated heterocycles. The van der Waals surface area contributed by atoms with E-state index in [0.717, 1.165) is 16.7 Å². The lowest BCUT2D eigenvalue weighted by atomic mass is 10.1. The van der Waals surface area contributed by atoms with Gasteiger partial charge in [0.1, 0.15) is 6.33 Å². The lowest BCUT2D eigenvalue weighted by molar-refractivity contribution is 0.0394. The van der Waals surface area contributed by atoms with Crippen LogP contribution in [0, 0.1) is 12.8 Å². The highest BCUT2D eigenvalue weighted by Gasteiger charge is 2.52.